The number of phosphoric ester groups is 1. The second-order valence-electron chi connectivity index (χ2n) is 2.13. The molecule has 0 heterocycles. The Kier molecular flexibility index (Phi) is 11.5. The van der Waals surface area contributed by atoms with Gasteiger partial charge in [-0.2, -0.15) is 0 Å². The zero-order valence-corrected chi connectivity index (χ0v) is 11.6. The fraction of sp³-hybridized carbons (Fsp3) is 1.00. The van der Waals surface area contributed by atoms with Gasteiger partial charge in [0.2, 0.25) is 0 Å². The van der Waals surface area contributed by atoms with E-state index in [4.69, 9.17) is 19.3 Å². The van der Waals surface area contributed by atoms with E-state index in [9.17, 15) is 4.57 Å². The van der Waals surface area contributed by atoms with Crippen LogP contribution in [-0.2, 0) is 18.6 Å². The summed E-state index contributed by atoms with van der Waals surface area (Å²) < 4.78 is 24.5. The van der Waals surface area contributed by atoms with Crippen molar-refractivity contribution in [1.29, 1.82) is 0 Å². The third kappa shape index (κ3) is 11.1. The van der Waals surface area contributed by atoms with Crippen molar-refractivity contribution < 1.29 is 59.3 Å². The smallest absolute Gasteiger partial charge is 1.00 e. The van der Waals surface area contributed by atoms with E-state index in [0.717, 1.165) is 0 Å². The van der Waals surface area contributed by atoms with Gasteiger partial charge in [0, 0.05) is 13.2 Å². The van der Waals surface area contributed by atoms with Crippen LogP contribution in [0.1, 0.15) is 15.3 Å². The van der Waals surface area contributed by atoms with E-state index >= 15 is 0 Å². The van der Waals surface area contributed by atoms with Crippen molar-refractivity contribution in [3.05, 3.63) is 0 Å². The third-order valence-electron chi connectivity index (χ3n) is 1.08. The number of rotatable bonds is 7. The van der Waals surface area contributed by atoms with Gasteiger partial charge in [-0.1, -0.05) is 0 Å². The van der Waals surface area contributed by atoms with Gasteiger partial charge in [-0.15, -0.1) is 0 Å². The van der Waals surface area contributed by atoms with Crippen LogP contribution >= 0.6 is 7.82 Å². The van der Waals surface area contributed by atoms with Crippen molar-refractivity contribution in [2.24, 2.45) is 0 Å². The molecule has 14 heavy (non-hydrogen) atoms. The van der Waals surface area contributed by atoms with Crippen molar-refractivity contribution in [1.82, 2.24) is 0 Å². The molecule has 0 aromatic heterocycles. The van der Waals surface area contributed by atoms with Gasteiger partial charge in [-0.25, -0.2) is 4.57 Å². The molecule has 0 amide bonds. The van der Waals surface area contributed by atoms with Crippen molar-refractivity contribution in [3.63, 3.8) is 0 Å². The Hall–Kier alpha value is 1.03. The molecule has 0 saturated heterocycles. The monoisotopic (exact) mass is 238 g/mol. The first-order chi connectivity index (χ1) is 5.99. The molecule has 0 radical (unpaired) electrons. The second kappa shape index (κ2) is 9.27. The Balaban J connectivity index is -0.000000720. The summed E-state index contributed by atoms with van der Waals surface area (Å²) in [5, 5.41) is 0. The first-order valence-corrected chi connectivity index (χ1v) is 5.46. The van der Waals surface area contributed by atoms with Gasteiger partial charge in [0.05, 0.1) is 0 Å². The number of hydrogen-bond donors (Lipinski definition) is 2. The summed E-state index contributed by atoms with van der Waals surface area (Å²) in [5.41, 5.74) is 0. The summed E-state index contributed by atoms with van der Waals surface area (Å²) in [4.78, 5) is 16.8. The van der Waals surface area contributed by atoms with Gasteiger partial charge >= 0.3 is 37.4 Å². The summed E-state index contributed by atoms with van der Waals surface area (Å²) in [7, 11) is -4.43. The Morgan fingerprint density at radius 2 is 1.71 bits per heavy atom. The van der Waals surface area contributed by atoms with Gasteiger partial charge in [-0.3, -0.25) is 4.52 Å². The minimum absolute atomic E-state index is 0. The summed E-state index contributed by atoms with van der Waals surface area (Å²) in [5.74, 6) is 0. The van der Waals surface area contributed by atoms with Crippen molar-refractivity contribution in [3.8, 4) is 0 Å². The molecule has 8 heteroatoms. The van der Waals surface area contributed by atoms with Crippen LogP contribution in [0.25, 0.3) is 0 Å². The van der Waals surface area contributed by atoms with E-state index < -0.39 is 14.1 Å². The molecule has 0 saturated carbocycles. The average molecular weight is 238 g/mol. The second-order valence-corrected chi connectivity index (χ2v) is 3.37. The number of ether oxygens (including phenoxy) is 2. The van der Waals surface area contributed by atoms with Crippen LogP contribution in [0.5, 0.6) is 0 Å². The fourth-order valence-electron chi connectivity index (χ4n) is 0.674. The SMILES string of the molecule is CCOC(COP(=O)(O)O)OCC.[H-].[Na+]. The van der Waals surface area contributed by atoms with E-state index in [1.165, 1.54) is 0 Å². The molecule has 6 nitrogen and oxygen atoms in total. The summed E-state index contributed by atoms with van der Waals surface area (Å²) in [6.07, 6.45) is -0.720. The average Bonchev–Trinajstić information content (AvgIpc) is 2.00. The van der Waals surface area contributed by atoms with Gasteiger partial charge in [0.1, 0.15) is 6.61 Å². The Labute approximate surface area is 107 Å². The molecule has 0 aliphatic rings. The van der Waals surface area contributed by atoms with Crippen molar-refractivity contribution in [2.75, 3.05) is 19.8 Å². The molecule has 0 rings (SSSR count). The first kappa shape index (κ1) is 17.4. The standard InChI is InChI=1S/C6H15O6P.Na.H/c1-3-10-6(11-4-2)5-12-13(7,8)9;;/h6H,3-5H2,1-2H3,(H2,7,8,9);;/q;+1;-1. The minimum atomic E-state index is -4.43. The maximum atomic E-state index is 10.3. The molecule has 0 fully saturated rings. The van der Waals surface area contributed by atoms with Crippen LogP contribution in [0.4, 0.5) is 0 Å². The van der Waals surface area contributed by atoms with Crippen molar-refractivity contribution >= 4 is 7.82 Å². The Bertz CT molecular complexity index is 171. The Morgan fingerprint density at radius 3 is 2.00 bits per heavy atom. The topological polar surface area (TPSA) is 85.2 Å². The van der Waals surface area contributed by atoms with Crippen molar-refractivity contribution in [2.45, 2.75) is 20.1 Å². The van der Waals surface area contributed by atoms with Gasteiger partial charge in [-0.05, 0) is 13.8 Å². The predicted octanol–water partition coefficient (Wildman–Crippen LogP) is -2.39. The first-order valence-electron chi connectivity index (χ1n) is 3.93. The predicted molar refractivity (Wildman–Crippen MR) is 46.1 cm³/mol. The van der Waals surface area contributed by atoms with E-state index in [2.05, 4.69) is 4.52 Å². The van der Waals surface area contributed by atoms with Crippen LogP contribution < -0.4 is 29.6 Å². The maximum absolute atomic E-state index is 10.3. The summed E-state index contributed by atoms with van der Waals surface area (Å²) >= 11 is 0. The minimum Gasteiger partial charge on any atom is -1.00 e. The zero-order valence-electron chi connectivity index (χ0n) is 9.67. The number of hydrogen-bond acceptors (Lipinski definition) is 4. The molecule has 0 aromatic carbocycles. The van der Waals surface area contributed by atoms with E-state index in [-0.39, 0.29) is 37.6 Å². The van der Waals surface area contributed by atoms with Crippen LogP contribution in [-0.4, -0.2) is 35.9 Å². The Morgan fingerprint density at radius 1 is 1.29 bits per heavy atom. The summed E-state index contributed by atoms with van der Waals surface area (Å²) in [6, 6.07) is 0. The largest absolute Gasteiger partial charge is 1.00 e. The molecule has 82 valence electrons. The van der Waals surface area contributed by atoms with Crippen LogP contribution in [0.15, 0.2) is 0 Å². The molecule has 0 unspecified atom stereocenters. The third-order valence-corrected chi connectivity index (χ3v) is 1.57. The molecule has 2 N–H and O–H groups in total. The quantitative estimate of drug-likeness (QED) is 0.292. The van der Waals surface area contributed by atoms with E-state index in [1.807, 2.05) is 0 Å². The molecule has 0 aromatic rings. The molecular formula is C6H16NaO6P. The molecule has 0 aliphatic heterocycles. The van der Waals surface area contributed by atoms with E-state index in [0.29, 0.717) is 13.2 Å². The normalized spacial score (nSPS) is 11.5. The summed E-state index contributed by atoms with van der Waals surface area (Å²) in [6.45, 7) is 4.03. The van der Waals surface area contributed by atoms with Crippen LogP contribution in [0.2, 0.25) is 0 Å². The van der Waals surface area contributed by atoms with Crippen LogP contribution in [0.3, 0.4) is 0 Å². The molecule has 0 bridgehead atoms. The molecular weight excluding hydrogens is 222 g/mol. The fourth-order valence-corrected chi connectivity index (χ4v) is 0.990. The van der Waals surface area contributed by atoms with Gasteiger partial charge in [0.25, 0.3) is 0 Å². The molecule has 0 spiro atoms. The van der Waals surface area contributed by atoms with E-state index in [1.54, 1.807) is 13.8 Å². The number of phosphoric acid groups is 1. The van der Waals surface area contributed by atoms with Gasteiger partial charge < -0.3 is 20.7 Å². The maximum Gasteiger partial charge on any atom is 1.00 e. The zero-order chi connectivity index (χ0) is 10.3. The van der Waals surface area contributed by atoms with Gasteiger partial charge in [0.15, 0.2) is 6.29 Å². The molecule has 0 aliphatic carbocycles. The molecule has 0 atom stereocenters. The van der Waals surface area contributed by atoms with Crippen LogP contribution in [0, 0.1) is 0 Å².